The van der Waals surface area contributed by atoms with Crippen molar-refractivity contribution >= 4 is 46.0 Å². The average Bonchev–Trinajstić information content (AvgIpc) is 3.39. The summed E-state index contributed by atoms with van der Waals surface area (Å²) in [7, 11) is 0. The molecule has 5 rings (SSSR count). The number of nitrogens with one attached hydrogen (secondary N) is 2. The Balaban J connectivity index is 1.38. The highest BCUT2D eigenvalue weighted by Crippen LogP contribution is 2.33. The Hall–Kier alpha value is -3.92. The lowest BCUT2D eigenvalue weighted by Crippen LogP contribution is -2.27. The summed E-state index contributed by atoms with van der Waals surface area (Å²) >= 11 is 1.45. The lowest BCUT2D eigenvalue weighted by molar-refractivity contribution is -0.117. The predicted octanol–water partition coefficient (Wildman–Crippen LogP) is 3.22. The Labute approximate surface area is 192 Å². The van der Waals surface area contributed by atoms with E-state index in [-0.39, 0.29) is 29.8 Å². The van der Waals surface area contributed by atoms with Crippen molar-refractivity contribution in [3.8, 4) is 5.69 Å². The highest BCUT2D eigenvalue weighted by Gasteiger charge is 2.29. The van der Waals surface area contributed by atoms with Crippen molar-refractivity contribution in [2.45, 2.75) is 24.5 Å². The third-order valence-corrected chi connectivity index (χ3v) is 6.36. The summed E-state index contributed by atoms with van der Waals surface area (Å²) in [5.74, 6) is 0.166. The summed E-state index contributed by atoms with van der Waals surface area (Å²) in [4.78, 5) is 41.9. The van der Waals surface area contributed by atoms with Gasteiger partial charge in [-0.3, -0.25) is 19.0 Å². The molecule has 9 nitrogen and oxygen atoms in total. The molecule has 0 spiro atoms. The summed E-state index contributed by atoms with van der Waals surface area (Å²) < 4.78 is 3.25. The number of carbonyl (C=O) groups excluding carboxylic acids is 2. The second-order valence-electron chi connectivity index (χ2n) is 7.68. The number of aromatic nitrogens is 4. The third kappa shape index (κ3) is 4.12. The number of hydrogen-bond donors (Lipinski definition) is 2. The van der Waals surface area contributed by atoms with E-state index in [1.54, 1.807) is 33.5 Å². The van der Waals surface area contributed by atoms with Crippen LogP contribution in [0.5, 0.6) is 0 Å². The van der Waals surface area contributed by atoms with Gasteiger partial charge in [0.2, 0.25) is 11.8 Å². The standard InChI is InChI=1S/C23H20N6O3S/c1-14(30)25-15-6-5-7-16(10-15)26-20(31)11-18-13-33-23-27-21-19(22(32)28(18)23)12-24-29(21)17-8-3-2-4-9-17/h2-10,12,18H,11,13H2,1H3,(H,25,30)(H,26,31). The van der Waals surface area contributed by atoms with Crippen LogP contribution in [0.15, 0.2) is 70.7 Å². The van der Waals surface area contributed by atoms with Gasteiger partial charge in [0, 0.05) is 30.5 Å². The molecule has 0 bridgehead atoms. The van der Waals surface area contributed by atoms with Crippen molar-refractivity contribution < 1.29 is 9.59 Å². The van der Waals surface area contributed by atoms with E-state index < -0.39 is 0 Å². The molecule has 2 N–H and O–H groups in total. The van der Waals surface area contributed by atoms with Gasteiger partial charge in [0.05, 0.1) is 17.9 Å². The number of hydrogen-bond acceptors (Lipinski definition) is 6. The van der Waals surface area contributed by atoms with Crippen molar-refractivity contribution in [2.24, 2.45) is 0 Å². The molecule has 1 aliphatic heterocycles. The first kappa shape index (κ1) is 21.0. The molecular weight excluding hydrogens is 440 g/mol. The summed E-state index contributed by atoms with van der Waals surface area (Å²) in [6.07, 6.45) is 1.66. The Bertz CT molecular complexity index is 1430. The maximum Gasteiger partial charge on any atom is 0.265 e. The molecule has 2 aromatic heterocycles. The number of anilines is 2. The van der Waals surface area contributed by atoms with Crippen LogP contribution < -0.4 is 16.2 Å². The monoisotopic (exact) mass is 460 g/mol. The predicted molar refractivity (Wildman–Crippen MR) is 127 cm³/mol. The minimum Gasteiger partial charge on any atom is -0.326 e. The first-order valence-corrected chi connectivity index (χ1v) is 11.3. The number of nitrogens with zero attached hydrogens (tertiary/aromatic N) is 4. The van der Waals surface area contributed by atoms with E-state index in [0.29, 0.717) is 33.3 Å². The second kappa shape index (κ2) is 8.55. The summed E-state index contributed by atoms with van der Waals surface area (Å²) in [5.41, 5.74) is 2.30. The minimum atomic E-state index is -0.312. The van der Waals surface area contributed by atoms with E-state index in [4.69, 9.17) is 0 Å². The molecule has 0 saturated heterocycles. The van der Waals surface area contributed by atoms with Crippen LogP contribution in [0.25, 0.3) is 16.7 Å². The number of benzene rings is 2. The normalized spacial score (nSPS) is 14.8. The van der Waals surface area contributed by atoms with Crippen LogP contribution in [0.1, 0.15) is 19.4 Å². The number of thioether (sulfide) groups is 1. The van der Waals surface area contributed by atoms with Crippen LogP contribution in [0.3, 0.4) is 0 Å². The van der Waals surface area contributed by atoms with Crippen LogP contribution in [-0.4, -0.2) is 36.9 Å². The van der Waals surface area contributed by atoms with Crippen LogP contribution >= 0.6 is 11.8 Å². The summed E-state index contributed by atoms with van der Waals surface area (Å²) in [6, 6.07) is 16.1. The molecule has 4 aromatic rings. The van der Waals surface area contributed by atoms with Gasteiger partial charge in [0.15, 0.2) is 10.8 Å². The van der Waals surface area contributed by atoms with Crippen LogP contribution in [0, 0.1) is 0 Å². The quantitative estimate of drug-likeness (QED) is 0.443. The van der Waals surface area contributed by atoms with Gasteiger partial charge in [-0.2, -0.15) is 5.10 Å². The van der Waals surface area contributed by atoms with Crippen molar-refractivity contribution in [2.75, 3.05) is 16.4 Å². The van der Waals surface area contributed by atoms with Gasteiger partial charge in [-0.1, -0.05) is 36.0 Å². The van der Waals surface area contributed by atoms with Crippen LogP contribution in [0.2, 0.25) is 0 Å². The molecule has 3 heterocycles. The molecule has 0 radical (unpaired) electrons. The number of fused-ring (bicyclic) bond motifs is 2. The molecule has 0 aliphatic carbocycles. The fourth-order valence-corrected chi connectivity index (χ4v) is 4.97. The SMILES string of the molecule is CC(=O)Nc1cccc(NC(=O)CC2CSc3nc4c(cnn4-c4ccccc4)c(=O)n32)c1. The van der Waals surface area contributed by atoms with Crippen molar-refractivity contribution in [3.63, 3.8) is 0 Å². The van der Waals surface area contributed by atoms with E-state index in [9.17, 15) is 14.4 Å². The lowest BCUT2D eigenvalue weighted by Gasteiger charge is -2.14. The van der Waals surface area contributed by atoms with Gasteiger partial charge < -0.3 is 10.6 Å². The Morgan fingerprint density at radius 2 is 1.85 bits per heavy atom. The molecular formula is C23H20N6O3S. The Kier molecular flexibility index (Phi) is 5.43. The van der Waals surface area contributed by atoms with E-state index >= 15 is 0 Å². The van der Waals surface area contributed by atoms with E-state index in [1.165, 1.54) is 24.9 Å². The Morgan fingerprint density at radius 3 is 2.61 bits per heavy atom. The fraction of sp³-hybridized carbons (Fsp3) is 0.174. The first-order chi connectivity index (χ1) is 16.0. The van der Waals surface area contributed by atoms with Gasteiger partial charge in [-0.15, -0.1) is 0 Å². The van der Waals surface area contributed by atoms with E-state index in [2.05, 4.69) is 20.7 Å². The lowest BCUT2D eigenvalue weighted by atomic mass is 10.2. The molecule has 0 saturated carbocycles. The van der Waals surface area contributed by atoms with E-state index in [1.807, 2.05) is 30.3 Å². The molecule has 1 aliphatic rings. The molecule has 1 unspecified atom stereocenters. The smallest absolute Gasteiger partial charge is 0.265 e. The molecule has 2 aromatic carbocycles. The third-order valence-electron chi connectivity index (χ3n) is 5.26. The molecule has 33 heavy (non-hydrogen) atoms. The zero-order valence-electron chi connectivity index (χ0n) is 17.7. The molecule has 0 fully saturated rings. The second-order valence-corrected chi connectivity index (χ2v) is 8.67. The fourth-order valence-electron chi connectivity index (χ4n) is 3.84. The number of rotatable bonds is 5. The number of carbonyl (C=O) groups is 2. The number of amides is 2. The van der Waals surface area contributed by atoms with Crippen LogP contribution in [0.4, 0.5) is 11.4 Å². The molecule has 166 valence electrons. The van der Waals surface area contributed by atoms with Crippen molar-refractivity contribution in [1.82, 2.24) is 19.3 Å². The van der Waals surface area contributed by atoms with Crippen molar-refractivity contribution in [3.05, 3.63) is 71.1 Å². The molecule has 2 amide bonds. The number of para-hydroxylation sites is 1. The first-order valence-electron chi connectivity index (χ1n) is 10.4. The molecule has 10 heteroatoms. The molecule has 1 atom stereocenters. The van der Waals surface area contributed by atoms with Gasteiger partial charge >= 0.3 is 0 Å². The van der Waals surface area contributed by atoms with Gasteiger partial charge in [-0.25, -0.2) is 9.67 Å². The largest absolute Gasteiger partial charge is 0.326 e. The van der Waals surface area contributed by atoms with Crippen molar-refractivity contribution in [1.29, 1.82) is 0 Å². The van der Waals surface area contributed by atoms with E-state index in [0.717, 1.165) is 5.69 Å². The topological polar surface area (TPSA) is 111 Å². The van der Waals surface area contributed by atoms with Gasteiger partial charge in [0.1, 0.15) is 5.39 Å². The van der Waals surface area contributed by atoms with Crippen LogP contribution in [-0.2, 0) is 9.59 Å². The summed E-state index contributed by atoms with van der Waals surface area (Å²) in [6.45, 7) is 1.42. The zero-order chi connectivity index (χ0) is 22.9. The Morgan fingerprint density at radius 1 is 1.09 bits per heavy atom. The average molecular weight is 461 g/mol. The maximum absolute atomic E-state index is 13.2. The van der Waals surface area contributed by atoms with Gasteiger partial charge in [0.25, 0.3) is 5.56 Å². The summed E-state index contributed by atoms with van der Waals surface area (Å²) in [5, 5.41) is 10.9. The maximum atomic E-state index is 13.2. The van der Waals surface area contributed by atoms with Gasteiger partial charge in [-0.05, 0) is 30.3 Å². The highest BCUT2D eigenvalue weighted by molar-refractivity contribution is 7.99. The minimum absolute atomic E-state index is 0.129. The zero-order valence-corrected chi connectivity index (χ0v) is 18.5. The highest BCUT2D eigenvalue weighted by atomic mass is 32.2.